The van der Waals surface area contributed by atoms with Crippen LogP contribution in [0.15, 0.2) is 18.2 Å². The summed E-state index contributed by atoms with van der Waals surface area (Å²) in [5.41, 5.74) is 0.334. The minimum atomic E-state index is -0.512. The molecule has 0 bridgehead atoms. The summed E-state index contributed by atoms with van der Waals surface area (Å²) in [6, 6.07) is 3.56. The van der Waals surface area contributed by atoms with E-state index in [0.717, 1.165) is 19.0 Å². The highest BCUT2D eigenvalue weighted by Crippen LogP contribution is 2.28. The number of nitrogens with one attached hydrogen (secondary N) is 1. The van der Waals surface area contributed by atoms with Gasteiger partial charge >= 0.3 is 0 Å². The van der Waals surface area contributed by atoms with Crippen molar-refractivity contribution in [3.05, 3.63) is 39.7 Å². The Morgan fingerprint density at radius 2 is 2.20 bits per heavy atom. The van der Waals surface area contributed by atoms with Gasteiger partial charge in [-0.2, -0.15) is 0 Å². The number of rotatable bonds is 2. The maximum atomic E-state index is 13.2. The van der Waals surface area contributed by atoms with E-state index < -0.39 is 4.92 Å². The molecule has 1 N–H and O–H groups in total. The van der Waals surface area contributed by atoms with E-state index in [1.807, 2.05) is 0 Å². The molecule has 1 aromatic rings. The van der Waals surface area contributed by atoms with Gasteiger partial charge in [0, 0.05) is 23.7 Å². The lowest BCUT2D eigenvalue weighted by atomic mass is 9.97. The number of halogens is 2. The molecular weight excluding hydrogens is 223 g/mol. The van der Waals surface area contributed by atoms with Crippen LogP contribution in [0.2, 0.25) is 0 Å². The monoisotopic (exact) mass is 232 g/mol. The largest absolute Gasteiger partial charge is 0.310 e. The highest BCUT2D eigenvalue weighted by atomic mass is 35.5. The van der Waals surface area contributed by atoms with Crippen molar-refractivity contribution in [2.75, 3.05) is 6.54 Å². The molecule has 1 aromatic carbocycles. The van der Waals surface area contributed by atoms with Gasteiger partial charge in [0.2, 0.25) is 0 Å². The van der Waals surface area contributed by atoms with E-state index in [1.54, 1.807) is 0 Å². The van der Waals surface area contributed by atoms with Gasteiger partial charge in [-0.05, 0) is 19.0 Å². The fourth-order valence-electron chi connectivity index (χ4n) is 1.47. The molecule has 82 valence electrons. The highest BCUT2D eigenvalue weighted by Gasteiger charge is 2.23. The SMILES string of the molecule is Cl.O=[N+]([O-])c1ccc(F)c([C@@H]2CCN2)c1. The lowest BCUT2D eigenvalue weighted by molar-refractivity contribution is -0.385. The van der Waals surface area contributed by atoms with Crippen LogP contribution >= 0.6 is 12.4 Å². The van der Waals surface area contributed by atoms with Gasteiger partial charge in [0.25, 0.3) is 5.69 Å². The summed E-state index contributed by atoms with van der Waals surface area (Å²) in [5.74, 6) is -0.382. The third-order valence-corrected chi connectivity index (χ3v) is 2.39. The van der Waals surface area contributed by atoms with Crippen LogP contribution in [0.1, 0.15) is 18.0 Å². The molecule has 1 saturated heterocycles. The number of hydrogen-bond donors (Lipinski definition) is 1. The van der Waals surface area contributed by atoms with Crippen LogP contribution < -0.4 is 5.32 Å². The number of non-ortho nitro benzene ring substituents is 1. The fraction of sp³-hybridized carbons (Fsp3) is 0.333. The van der Waals surface area contributed by atoms with Crippen LogP contribution in [-0.4, -0.2) is 11.5 Å². The third kappa shape index (κ3) is 2.24. The molecule has 0 unspecified atom stereocenters. The van der Waals surface area contributed by atoms with Gasteiger partial charge in [-0.1, -0.05) is 0 Å². The first kappa shape index (κ1) is 11.9. The van der Waals surface area contributed by atoms with Gasteiger partial charge in [0.05, 0.1) is 4.92 Å². The van der Waals surface area contributed by atoms with Gasteiger partial charge in [-0.3, -0.25) is 10.1 Å². The van der Waals surface area contributed by atoms with Crippen LogP contribution in [0.25, 0.3) is 0 Å². The molecule has 0 spiro atoms. The predicted octanol–water partition coefficient (Wildman–Crippen LogP) is 2.19. The molecule has 1 fully saturated rings. The number of nitro benzene ring substituents is 1. The highest BCUT2D eigenvalue weighted by molar-refractivity contribution is 5.85. The molecular formula is C9H10ClFN2O2. The van der Waals surface area contributed by atoms with Gasteiger partial charge in [0.1, 0.15) is 5.82 Å². The third-order valence-electron chi connectivity index (χ3n) is 2.39. The standard InChI is InChI=1S/C9H9FN2O2.ClH/c10-8-2-1-6(12(13)14)5-7(8)9-3-4-11-9;/h1-2,5,9,11H,3-4H2;1H/t9-;/m0./s1. The fourth-order valence-corrected chi connectivity index (χ4v) is 1.47. The first-order chi connectivity index (χ1) is 6.68. The van der Waals surface area contributed by atoms with E-state index in [9.17, 15) is 14.5 Å². The van der Waals surface area contributed by atoms with Crippen molar-refractivity contribution in [3.8, 4) is 0 Å². The van der Waals surface area contributed by atoms with E-state index in [2.05, 4.69) is 5.32 Å². The lowest BCUT2D eigenvalue weighted by Gasteiger charge is -2.28. The zero-order chi connectivity index (χ0) is 10.1. The summed E-state index contributed by atoms with van der Waals surface area (Å²) in [6.45, 7) is 0.840. The van der Waals surface area contributed by atoms with Crippen molar-refractivity contribution in [2.45, 2.75) is 12.5 Å². The minimum absolute atomic E-state index is 0. The van der Waals surface area contributed by atoms with Gasteiger partial charge in [-0.25, -0.2) is 4.39 Å². The number of benzene rings is 1. The quantitative estimate of drug-likeness (QED) is 0.628. The molecule has 15 heavy (non-hydrogen) atoms. The van der Waals surface area contributed by atoms with Gasteiger partial charge < -0.3 is 5.32 Å². The molecule has 4 nitrogen and oxygen atoms in total. The average Bonchev–Trinajstić information content (AvgIpc) is 2.05. The molecule has 6 heteroatoms. The second-order valence-corrected chi connectivity index (χ2v) is 3.26. The lowest BCUT2D eigenvalue weighted by Crippen LogP contribution is -2.35. The summed E-state index contributed by atoms with van der Waals surface area (Å²) in [5, 5.41) is 13.5. The summed E-state index contributed by atoms with van der Waals surface area (Å²) in [4.78, 5) is 9.94. The van der Waals surface area contributed by atoms with Gasteiger partial charge in [0.15, 0.2) is 0 Å². The van der Waals surface area contributed by atoms with Crippen LogP contribution in [-0.2, 0) is 0 Å². The second-order valence-electron chi connectivity index (χ2n) is 3.26. The Hall–Kier alpha value is -1.20. The maximum absolute atomic E-state index is 13.2. The molecule has 0 saturated carbocycles. The molecule has 1 atom stereocenters. The maximum Gasteiger partial charge on any atom is 0.269 e. The van der Waals surface area contributed by atoms with Gasteiger partial charge in [-0.15, -0.1) is 12.4 Å². The van der Waals surface area contributed by atoms with Crippen molar-refractivity contribution in [1.82, 2.24) is 5.32 Å². The van der Waals surface area contributed by atoms with Crippen LogP contribution in [0.4, 0.5) is 10.1 Å². The molecule has 1 heterocycles. The zero-order valence-electron chi connectivity index (χ0n) is 7.77. The van der Waals surface area contributed by atoms with Crippen LogP contribution in [0, 0.1) is 15.9 Å². The Morgan fingerprint density at radius 3 is 2.67 bits per heavy atom. The molecule has 0 amide bonds. The zero-order valence-corrected chi connectivity index (χ0v) is 8.59. The number of nitro groups is 1. The Bertz CT molecular complexity index is 382. The van der Waals surface area contributed by atoms with Crippen molar-refractivity contribution >= 4 is 18.1 Å². The molecule has 1 aliphatic rings. The van der Waals surface area contributed by atoms with Crippen LogP contribution in [0.5, 0.6) is 0 Å². The first-order valence-electron chi connectivity index (χ1n) is 4.35. The average molecular weight is 233 g/mol. The number of hydrogen-bond acceptors (Lipinski definition) is 3. The molecule has 2 rings (SSSR count). The first-order valence-corrected chi connectivity index (χ1v) is 4.35. The van der Waals surface area contributed by atoms with Crippen molar-refractivity contribution < 1.29 is 9.31 Å². The Labute approximate surface area is 92.0 Å². The van der Waals surface area contributed by atoms with Crippen LogP contribution in [0.3, 0.4) is 0 Å². The topological polar surface area (TPSA) is 55.2 Å². The molecule has 0 aromatic heterocycles. The van der Waals surface area contributed by atoms with E-state index in [0.29, 0.717) is 5.56 Å². The smallest absolute Gasteiger partial charge is 0.269 e. The van der Waals surface area contributed by atoms with Crippen molar-refractivity contribution in [1.29, 1.82) is 0 Å². The van der Waals surface area contributed by atoms with E-state index >= 15 is 0 Å². The predicted molar refractivity (Wildman–Crippen MR) is 55.7 cm³/mol. The van der Waals surface area contributed by atoms with Crippen molar-refractivity contribution in [3.63, 3.8) is 0 Å². The molecule has 0 radical (unpaired) electrons. The molecule has 1 aliphatic heterocycles. The number of nitrogens with zero attached hydrogens (tertiary/aromatic N) is 1. The Morgan fingerprint density at radius 1 is 1.53 bits per heavy atom. The normalized spacial score (nSPS) is 18.9. The van der Waals surface area contributed by atoms with E-state index in [4.69, 9.17) is 0 Å². The van der Waals surface area contributed by atoms with E-state index in [-0.39, 0.29) is 30.0 Å². The van der Waals surface area contributed by atoms with Crippen molar-refractivity contribution in [2.24, 2.45) is 0 Å². The summed E-state index contributed by atoms with van der Waals surface area (Å²) in [7, 11) is 0. The summed E-state index contributed by atoms with van der Waals surface area (Å²) >= 11 is 0. The second kappa shape index (κ2) is 4.55. The minimum Gasteiger partial charge on any atom is -0.310 e. The Kier molecular flexibility index (Phi) is 3.60. The Balaban J connectivity index is 0.00000112. The summed E-state index contributed by atoms with van der Waals surface area (Å²) in [6.07, 6.45) is 0.831. The molecule has 0 aliphatic carbocycles. The summed E-state index contributed by atoms with van der Waals surface area (Å²) < 4.78 is 13.2. The van der Waals surface area contributed by atoms with E-state index in [1.165, 1.54) is 12.1 Å².